The lowest BCUT2D eigenvalue weighted by atomic mass is 10.2. The first-order valence-corrected chi connectivity index (χ1v) is 9.04. The Morgan fingerprint density at radius 2 is 1.86 bits per heavy atom. The molecule has 0 spiro atoms. The van der Waals surface area contributed by atoms with Crippen molar-refractivity contribution in [2.24, 2.45) is 0 Å². The number of anilines is 2. The summed E-state index contributed by atoms with van der Waals surface area (Å²) in [6.45, 7) is 3.27. The molecule has 1 aromatic heterocycles. The maximum Gasteiger partial charge on any atom is 0.251 e. The van der Waals surface area contributed by atoms with Crippen molar-refractivity contribution in [2.75, 3.05) is 50.0 Å². The van der Waals surface area contributed by atoms with Crippen molar-refractivity contribution in [3.05, 3.63) is 53.7 Å². The Bertz CT molecular complexity index is 882. The second-order valence-corrected chi connectivity index (χ2v) is 6.48. The Labute approximate surface area is 163 Å². The van der Waals surface area contributed by atoms with Crippen molar-refractivity contribution < 1.29 is 9.59 Å². The van der Waals surface area contributed by atoms with Crippen LogP contribution in [-0.2, 0) is 4.79 Å². The molecule has 0 atom stereocenters. The van der Waals surface area contributed by atoms with Gasteiger partial charge in [-0.2, -0.15) is 5.26 Å². The highest BCUT2D eigenvalue weighted by Crippen LogP contribution is 2.15. The molecule has 0 aliphatic carbocycles. The van der Waals surface area contributed by atoms with Crippen LogP contribution in [-0.4, -0.2) is 61.5 Å². The highest BCUT2D eigenvalue weighted by Gasteiger charge is 2.20. The van der Waals surface area contributed by atoms with Gasteiger partial charge in [-0.05, 0) is 36.4 Å². The monoisotopic (exact) mass is 378 g/mol. The molecule has 2 amide bonds. The van der Waals surface area contributed by atoms with E-state index in [0.717, 1.165) is 32.0 Å². The zero-order valence-electron chi connectivity index (χ0n) is 15.7. The number of amides is 2. The van der Waals surface area contributed by atoms with Crippen LogP contribution in [0.3, 0.4) is 0 Å². The molecule has 1 aliphatic rings. The quantitative estimate of drug-likeness (QED) is 0.807. The molecule has 28 heavy (non-hydrogen) atoms. The van der Waals surface area contributed by atoms with Gasteiger partial charge >= 0.3 is 0 Å². The molecule has 1 aliphatic heterocycles. The van der Waals surface area contributed by atoms with E-state index in [1.165, 1.54) is 0 Å². The fraction of sp³-hybridized carbons (Fsp3) is 0.300. The number of hydrogen-bond acceptors (Lipinski definition) is 6. The van der Waals surface area contributed by atoms with Gasteiger partial charge in [0.1, 0.15) is 5.82 Å². The first-order chi connectivity index (χ1) is 13.6. The summed E-state index contributed by atoms with van der Waals surface area (Å²) in [6.07, 6.45) is 1.64. The molecule has 0 bridgehead atoms. The third-order valence-electron chi connectivity index (χ3n) is 4.60. The zero-order chi connectivity index (χ0) is 19.9. The topological polar surface area (TPSA) is 101 Å². The summed E-state index contributed by atoms with van der Waals surface area (Å²) < 4.78 is 0. The number of benzene rings is 1. The molecule has 144 valence electrons. The van der Waals surface area contributed by atoms with Crippen molar-refractivity contribution in [2.45, 2.75) is 0 Å². The minimum atomic E-state index is -0.162. The number of rotatable bonds is 5. The Balaban J connectivity index is 1.48. The molecule has 0 radical (unpaired) electrons. The second-order valence-electron chi connectivity index (χ2n) is 6.48. The van der Waals surface area contributed by atoms with E-state index in [0.29, 0.717) is 23.4 Å². The van der Waals surface area contributed by atoms with Crippen LogP contribution in [0.1, 0.15) is 15.9 Å². The van der Waals surface area contributed by atoms with Crippen LogP contribution in [0.4, 0.5) is 11.5 Å². The molecule has 0 unspecified atom stereocenters. The second kappa shape index (κ2) is 8.97. The lowest BCUT2D eigenvalue weighted by molar-refractivity contribution is -0.117. The maximum absolute atomic E-state index is 12.3. The van der Waals surface area contributed by atoms with Gasteiger partial charge < -0.3 is 15.5 Å². The van der Waals surface area contributed by atoms with Gasteiger partial charge in [-0.15, -0.1) is 0 Å². The number of carbonyl (C=O) groups excluding carboxylic acids is 2. The van der Waals surface area contributed by atoms with E-state index in [-0.39, 0.29) is 11.8 Å². The first kappa shape index (κ1) is 19.3. The molecule has 8 heteroatoms. The number of hydrogen-bond donors (Lipinski definition) is 2. The molecule has 1 saturated heterocycles. The van der Waals surface area contributed by atoms with Crippen LogP contribution in [0, 0.1) is 11.3 Å². The predicted octanol–water partition coefficient (Wildman–Crippen LogP) is 1.07. The van der Waals surface area contributed by atoms with E-state index in [2.05, 4.69) is 31.5 Å². The lowest BCUT2D eigenvalue weighted by Crippen LogP contribution is -2.48. The van der Waals surface area contributed by atoms with E-state index in [9.17, 15) is 9.59 Å². The summed E-state index contributed by atoms with van der Waals surface area (Å²) in [5.74, 6) is 0.538. The summed E-state index contributed by atoms with van der Waals surface area (Å²) in [7, 11) is 1.58. The maximum atomic E-state index is 12.3. The van der Waals surface area contributed by atoms with Crippen LogP contribution < -0.4 is 15.5 Å². The smallest absolute Gasteiger partial charge is 0.251 e. The minimum Gasteiger partial charge on any atom is -0.355 e. The van der Waals surface area contributed by atoms with Gasteiger partial charge in [-0.25, -0.2) is 4.98 Å². The third kappa shape index (κ3) is 4.84. The molecule has 1 fully saturated rings. The molecular weight excluding hydrogens is 356 g/mol. The van der Waals surface area contributed by atoms with Crippen LogP contribution in [0.5, 0.6) is 0 Å². The van der Waals surface area contributed by atoms with Gasteiger partial charge in [0.15, 0.2) is 0 Å². The van der Waals surface area contributed by atoms with E-state index < -0.39 is 0 Å². The Hall–Kier alpha value is -3.44. The molecule has 2 N–H and O–H groups in total. The standard InChI is InChI=1S/C20H22N6O2/c1-22-20(28)16-2-4-17(5-3-16)24-19(27)14-25-8-10-26(11-9-25)18-12-15(13-21)6-7-23-18/h2-7,12H,8-11,14H2,1H3,(H,22,28)(H,24,27). The van der Waals surface area contributed by atoms with E-state index in [1.54, 1.807) is 49.6 Å². The van der Waals surface area contributed by atoms with Gasteiger partial charge in [0.2, 0.25) is 5.91 Å². The molecule has 2 heterocycles. The summed E-state index contributed by atoms with van der Waals surface area (Å²) in [5, 5.41) is 14.4. The van der Waals surface area contributed by atoms with Crippen molar-refractivity contribution in [3.63, 3.8) is 0 Å². The van der Waals surface area contributed by atoms with E-state index >= 15 is 0 Å². The first-order valence-electron chi connectivity index (χ1n) is 9.04. The SMILES string of the molecule is CNC(=O)c1ccc(NC(=O)CN2CCN(c3cc(C#N)ccn3)CC2)cc1. The number of nitriles is 1. The Morgan fingerprint density at radius 3 is 2.50 bits per heavy atom. The van der Waals surface area contributed by atoms with E-state index in [4.69, 9.17) is 5.26 Å². The van der Waals surface area contributed by atoms with Crippen molar-refractivity contribution in [3.8, 4) is 6.07 Å². The highest BCUT2D eigenvalue weighted by molar-refractivity contribution is 5.96. The number of aromatic nitrogens is 1. The molecule has 3 rings (SSSR count). The van der Waals surface area contributed by atoms with Crippen molar-refractivity contribution >= 4 is 23.3 Å². The average Bonchev–Trinajstić information content (AvgIpc) is 2.74. The van der Waals surface area contributed by atoms with Gasteiger partial charge in [0, 0.05) is 50.7 Å². The number of piperazine rings is 1. The Kier molecular flexibility index (Phi) is 6.19. The van der Waals surface area contributed by atoms with Crippen LogP contribution in [0.2, 0.25) is 0 Å². The lowest BCUT2D eigenvalue weighted by Gasteiger charge is -2.35. The average molecular weight is 378 g/mol. The van der Waals surface area contributed by atoms with Gasteiger partial charge in [-0.3, -0.25) is 14.5 Å². The summed E-state index contributed by atoms with van der Waals surface area (Å²) in [4.78, 5) is 32.4. The molecule has 1 aromatic carbocycles. The fourth-order valence-electron chi connectivity index (χ4n) is 3.05. The number of nitrogens with one attached hydrogen (secondary N) is 2. The predicted molar refractivity (Wildman–Crippen MR) is 106 cm³/mol. The van der Waals surface area contributed by atoms with Gasteiger partial charge in [-0.1, -0.05) is 0 Å². The molecule has 2 aromatic rings. The normalized spacial score (nSPS) is 14.2. The number of carbonyl (C=O) groups is 2. The zero-order valence-corrected chi connectivity index (χ0v) is 15.7. The largest absolute Gasteiger partial charge is 0.355 e. The summed E-state index contributed by atoms with van der Waals surface area (Å²) in [6, 6.07) is 12.4. The highest BCUT2D eigenvalue weighted by atomic mass is 16.2. The molecular formula is C20H22N6O2. The number of nitrogens with zero attached hydrogens (tertiary/aromatic N) is 4. The van der Waals surface area contributed by atoms with E-state index in [1.807, 2.05) is 0 Å². The van der Waals surface area contributed by atoms with Crippen LogP contribution in [0.25, 0.3) is 0 Å². The van der Waals surface area contributed by atoms with Gasteiger partial charge in [0.05, 0.1) is 18.2 Å². The number of pyridine rings is 1. The third-order valence-corrected chi connectivity index (χ3v) is 4.60. The minimum absolute atomic E-state index is 0.0919. The summed E-state index contributed by atoms with van der Waals surface area (Å²) in [5.41, 5.74) is 1.80. The van der Waals surface area contributed by atoms with Gasteiger partial charge in [0.25, 0.3) is 5.91 Å². The summed E-state index contributed by atoms with van der Waals surface area (Å²) >= 11 is 0. The van der Waals surface area contributed by atoms with Crippen molar-refractivity contribution in [1.29, 1.82) is 5.26 Å². The fourth-order valence-corrected chi connectivity index (χ4v) is 3.05. The van der Waals surface area contributed by atoms with Crippen LogP contribution in [0.15, 0.2) is 42.6 Å². The Morgan fingerprint density at radius 1 is 1.14 bits per heavy atom. The van der Waals surface area contributed by atoms with Crippen LogP contribution >= 0.6 is 0 Å². The van der Waals surface area contributed by atoms with Crippen molar-refractivity contribution in [1.82, 2.24) is 15.2 Å². The molecule has 8 nitrogen and oxygen atoms in total. The molecule has 0 saturated carbocycles.